The van der Waals surface area contributed by atoms with Crippen molar-refractivity contribution in [3.05, 3.63) is 24.2 Å². The van der Waals surface area contributed by atoms with Gasteiger partial charge in [0, 0.05) is 19.4 Å². The molecule has 2 aromatic rings. The Kier molecular flexibility index (Phi) is 1.46. The Labute approximate surface area is 72.6 Å². The van der Waals surface area contributed by atoms with Crippen molar-refractivity contribution in [2.75, 3.05) is 0 Å². The molecule has 2 heterocycles. The molecule has 2 aromatic heterocycles. The first-order valence-corrected chi connectivity index (χ1v) is 4.07. The number of aryl methyl sites for hydroxylation is 2. The first kappa shape index (κ1) is 7.41. The lowest BCUT2D eigenvalue weighted by atomic mass is 9.94. The first-order valence-electron chi connectivity index (χ1n) is 4.07. The van der Waals surface area contributed by atoms with E-state index >= 15 is 0 Å². The molecule has 0 aliphatic rings. The third-order valence-electron chi connectivity index (χ3n) is 2.29. The number of hydrogen-bond donors (Lipinski definition) is 0. The highest BCUT2D eigenvalue weighted by molar-refractivity contribution is 6.38. The van der Waals surface area contributed by atoms with Crippen LogP contribution in [-0.2, 0) is 7.05 Å². The van der Waals surface area contributed by atoms with Gasteiger partial charge in [-0.1, -0.05) is 5.46 Å². The zero-order valence-corrected chi connectivity index (χ0v) is 7.63. The molecule has 0 aliphatic heterocycles. The van der Waals surface area contributed by atoms with Crippen LogP contribution in [0.5, 0.6) is 0 Å². The summed E-state index contributed by atoms with van der Waals surface area (Å²) in [6, 6.07) is 2.14. The zero-order valence-electron chi connectivity index (χ0n) is 7.63. The van der Waals surface area contributed by atoms with Gasteiger partial charge in [0.2, 0.25) is 0 Å². The maximum atomic E-state index is 4.32. The van der Waals surface area contributed by atoms with Crippen LogP contribution >= 0.6 is 0 Å². The molecule has 0 radical (unpaired) electrons. The minimum Gasteiger partial charge on any atom is -0.349 e. The lowest BCUT2D eigenvalue weighted by Crippen LogP contribution is -2.06. The Morgan fingerprint density at radius 1 is 1.50 bits per heavy atom. The van der Waals surface area contributed by atoms with Crippen molar-refractivity contribution in [2.45, 2.75) is 6.92 Å². The van der Waals surface area contributed by atoms with Crippen LogP contribution in [0.1, 0.15) is 5.69 Å². The minimum atomic E-state index is 1.10. The second kappa shape index (κ2) is 2.37. The monoisotopic (exact) mass is 158 g/mol. The van der Waals surface area contributed by atoms with Crippen molar-refractivity contribution in [3.63, 3.8) is 0 Å². The fourth-order valence-electron chi connectivity index (χ4n) is 1.62. The number of pyridine rings is 1. The molecule has 60 valence electrons. The van der Waals surface area contributed by atoms with Gasteiger partial charge in [0.15, 0.2) is 0 Å². The van der Waals surface area contributed by atoms with Crippen LogP contribution < -0.4 is 5.46 Å². The molecule has 0 spiro atoms. The SMILES string of the molecule is Bc1cnc(C)c2c1ccn2C. The second-order valence-electron chi connectivity index (χ2n) is 3.22. The number of fused-ring (bicyclic) bond motifs is 1. The van der Waals surface area contributed by atoms with Gasteiger partial charge in [-0.05, 0) is 18.4 Å². The van der Waals surface area contributed by atoms with Crippen molar-refractivity contribution in [1.82, 2.24) is 9.55 Å². The van der Waals surface area contributed by atoms with E-state index in [4.69, 9.17) is 0 Å². The molecule has 2 rings (SSSR count). The predicted octanol–water partition coefficient (Wildman–Crippen LogP) is 0.140. The van der Waals surface area contributed by atoms with E-state index in [-0.39, 0.29) is 0 Å². The van der Waals surface area contributed by atoms with Crippen LogP contribution in [-0.4, -0.2) is 17.4 Å². The summed E-state index contributed by atoms with van der Waals surface area (Å²) >= 11 is 0. The highest BCUT2D eigenvalue weighted by Gasteiger charge is 2.03. The van der Waals surface area contributed by atoms with Gasteiger partial charge in [-0.15, -0.1) is 0 Å². The summed E-state index contributed by atoms with van der Waals surface area (Å²) in [7, 11) is 4.14. The molecule has 0 fully saturated rings. The van der Waals surface area contributed by atoms with Crippen LogP contribution in [0, 0.1) is 6.92 Å². The number of hydrogen-bond acceptors (Lipinski definition) is 1. The molecule has 0 saturated carbocycles. The quantitative estimate of drug-likeness (QED) is 0.498. The van der Waals surface area contributed by atoms with Crippen molar-refractivity contribution in [2.24, 2.45) is 7.05 Å². The largest absolute Gasteiger partial charge is 0.349 e. The summed E-state index contributed by atoms with van der Waals surface area (Å²) in [6.45, 7) is 2.04. The fraction of sp³-hybridized carbons (Fsp3) is 0.222. The topological polar surface area (TPSA) is 17.8 Å². The molecular weight excluding hydrogens is 147 g/mol. The average Bonchev–Trinajstić information content (AvgIpc) is 2.42. The molecule has 0 atom stereocenters. The predicted molar refractivity (Wildman–Crippen MR) is 53.6 cm³/mol. The van der Waals surface area contributed by atoms with Gasteiger partial charge in [0.1, 0.15) is 7.85 Å². The van der Waals surface area contributed by atoms with E-state index in [9.17, 15) is 0 Å². The van der Waals surface area contributed by atoms with Gasteiger partial charge in [0.25, 0.3) is 0 Å². The molecule has 0 unspecified atom stereocenters. The Bertz CT molecular complexity index is 431. The molecule has 0 bridgehead atoms. The molecular formula is C9H11BN2. The van der Waals surface area contributed by atoms with Crippen LogP contribution in [0.4, 0.5) is 0 Å². The molecule has 0 aliphatic carbocycles. The molecule has 3 heteroatoms. The highest BCUT2D eigenvalue weighted by atomic mass is 14.9. The van der Waals surface area contributed by atoms with Crippen molar-refractivity contribution >= 4 is 24.2 Å². The highest BCUT2D eigenvalue weighted by Crippen LogP contribution is 2.13. The molecule has 12 heavy (non-hydrogen) atoms. The normalized spacial score (nSPS) is 10.8. The van der Waals surface area contributed by atoms with E-state index in [0.717, 1.165) is 5.69 Å². The number of nitrogens with zero attached hydrogens (tertiary/aromatic N) is 2. The standard InChI is InChI=1S/C9H11BN2/c1-6-9-7(3-4-12(9)2)8(10)5-11-6/h3-5H,10H2,1-2H3. The van der Waals surface area contributed by atoms with Crippen LogP contribution in [0.2, 0.25) is 0 Å². The molecule has 0 N–H and O–H groups in total. The summed E-state index contributed by atoms with van der Waals surface area (Å²) in [5, 5.41) is 1.31. The van der Waals surface area contributed by atoms with Gasteiger partial charge in [0.05, 0.1) is 11.2 Å². The van der Waals surface area contributed by atoms with Crippen molar-refractivity contribution in [1.29, 1.82) is 0 Å². The zero-order chi connectivity index (χ0) is 8.72. The van der Waals surface area contributed by atoms with E-state index in [1.54, 1.807) is 0 Å². The second-order valence-corrected chi connectivity index (χ2v) is 3.22. The third kappa shape index (κ3) is 0.859. The van der Waals surface area contributed by atoms with Crippen LogP contribution in [0.15, 0.2) is 18.5 Å². The number of aromatic nitrogens is 2. The summed E-state index contributed by atoms with van der Waals surface area (Å²) in [4.78, 5) is 4.32. The maximum Gasteiger partial charge on any atom is 0.142 e. The average molecular weight is 158 g/mol. The Morgan fingerprint density at radius 3 is 2.92 bits per heavy atom. The third-order valence-corrected chi connectivity index (χ3v) is 2.29. The van der Waals surface area contributed by atoms with Crippen molar-refractivity contribution in [3.8, 4) is 0 Å². The van der Waals surface area contributed by atoms with E-state index in [2.05, 4.69) is 36.7 Å². The lowest BCUT2D eigenvalue weighted by molar-refractivity contribution is 0.957. The van der Waals surface area contributed by atoms with E-state index < -0.39 is 0 Å². The fourth-order valence-corrected chi connectivity index (χ4v) is 1.62. The van der Waals surface area contributed by atoms with Gasteiger partial charge in [-0.25, -0.2) is 0 Å². The summed E-state index contributed by atoms with van der Waals surface area (Å²) in [5.74, 6) is 0. The lowest BCUT2D eigenvalue weighted by Gasteiger charge is -2.01. The summed E-state index contributed by atoms with van der Waals surface area (Å²) in [5.41, 5.74) is 3.59. The van der Waals surface area contributed by atoms with Gasteiger partial charge in [-0.2, -0.15) is 0 Å². The molecule has 0 saturated heterocycles. The smallest absolute Gasteiger partial charge is 0.142 e. The Morgan fingerprint density at radius 2 is 2.25 bits per heavy atom. The minimum absolute atomic E-state index is 1.10. The van der Waals surface area contributed by atoms with Crippen LogP contribution in [0.25, 0.3) is 10.9 Å². The molecule has 0 aromatic carbocycles. The van der Waals surface area contributed by atoms with Gasteiger partial charge < -0.3 is 4.57 Å². The molecule has 0 amide bonds. The Balaban J connectivity index is 2.98. The van der Waals surface area contributed by atoms with E-state index in [0.29, 0.717) is 0 Å². The number of rotatable bonds is 0. The first-order chi connectivity index (χ1) is 5.70. The maximum absolute atomic E-state index is 4.32. The molecule has 2 nitrogen and oxygen atoms in total. The Hall–Kier alpha value is -1.25. The van der Waals surface area contributed by atoms with Gasteiger partial charge >= 0.3 is 0 Å². The summed E-state index contributed by atoms with van der Waals surface area (Å²) in [6.07, 6.45) is 4.00. The van der Waals surface area contributed by atoms with E-state index in [1.807, 2.05) is 13.1 Å². The van der Waals surface area contributed by atoms with Crippen LogP contribution in [0.3, 0.4) is 0 Å². The van der Waals surface area contributed by atoms with E-state index in [1.165, 1.54) is 16.4 Å². The summed E-state index contributed by atoms with van der Waals surface area (Å²) < 4.78 is 2.12. The van der Waals surface area contributed by atoms with Crippen molar-refractivity contribution < 1.29 is 0 Å². The van der Waals surface area contributed by atoms with Gasteiger partial charge in [-0.3, -0.25) is 4.98 Å².